The van der Waals surface area contributed by atoms with Crippen molar-refractivity contribution < 1.29 is 4.39 Å². The molecule has 0 saturated heterocycles. The Bertz CT molecular complexity index is 563. The first-order chi connectivity index (χ1) is 9.12. The molecule has 0 unspecified atom stereocenters. The molecular weight excluding hydrogens is 243 g/mol. The van der Waals surface area contributed by atoms with Crippen molar-refractivity contribution in [3.05, 3.63) is 41.3 Å². The molecule has 5 heteroatoms. The highest BCUT2D eigenvalue weighted by Gasteiger charge is 2.08. The first-order valence-electron chi connectivity index (χ1n) is 6.24. The molecule has 1 aromatic heterocycles. The molecular formula is C14H17FN4. The van der Waals surface area contributed by atoms with Crippen molar-refractivity contribution in [3.63, 3.8) is 0 Å². The molecule has 0 amide bonds. The molecule has 0 saturated carbocycles. The van der Waals surface area contributed by atoms with Crippen LogP contribution >= 0.6 is 0 Å². The lowest BCUT2D eigenvalue weighted by molar-refractivity contribution is 0.627. The molecule has 0 aliphatic rings. The van der Waals surface area contributed by atoms with Crippen LogP contribution in [-0.4, -0.2) is 9.97 Å². The summed E-state index contributed by atoms with van der Waals surface area (Å²) in [5, 5.41) is 0. The minimum absolute atomic E-state index is 0.290. The maximum Gasteiger partial charge on any atom is 0.161 e. The summed E-state index contributed by atoms with van der Waals surface area (Å²) in [6.07, 6.45) is 1.81. The van der Waals surface area contributed by atoms with E-state index in [0.29, 0.717) is 17.2 Å². The Kier molecular flexibility index (Phi) is 4.06. The topological polar surface area (TPSA) is 63.8 Å². The predicted octanol–water partition coefficient (Wildman–Crippen LogP) is 2.83. The molecule has 1 heterocycles. The monoisotopic (exact) mass is 260 g/mol. The van der Waals surface area contributed by atoms with Crippen LogP contribution in [0.1, 0.15) is 24.6 Å². The summed E-state index contributed by atoms with van der Waals surface area (Å²) in [6, 6.07) is 6.56. The van der Waals surface area contributed by atoms with Gasteiger partial charge in [0.05, 0.1) is 0 Å². The third-order valence-corrected chi connectivity index (χ3v) is 2.73. The van der Waals surface area contributed by atoms with E-state index < -0.39 is 0 Å². The second kappa shape index (κ2) is 5.75. The molecule has 0 fully saturated rings. The first kappa shape index (κ1) is 13.4. The summed E-state index contributed by atoms with van der Waals surface area (Å²) in [7, 11) is 0. The van der Waals surface area contributed by atoms with Crippen molar-refractivity contribution >= 4 is 5.82 Å². The molecule has 0 aliphatic heterocycles. The molecule has 2 aromatic rings. The highest BCUT2D eigenvalue weighted by atomic mass is 19.1. The van der Waals surface area contributed by atoms with Crippen LogP contribution in [0.15, 0.2) is 24.3 Å². The fraction of sp³-hybridized carbons (Fsp3) is 0.286. The summed E-state index contributed by atoms with van der Waals surface area (Å²) in [5.74, 6) is 6.14. The number of nitrogens with zero attached hydrogens (tertiary/aromatic N) is 2. The number of nitrogen functional groups attached to an aromatic ring is 1. The van der Waals surface area contributed by atoms with Gasteiger partial charge >= 0.3 is 0 Å². The lowest BCUT2D eigenvalue weighted by Gasteiger charge is -2.08. The normalized spacial score (nSPS) is 10.5. The summed E-state index contributed by atoms with van der Waals surface area (Å²) in [4.78, 5) is 8.72. The van der Waals surface area contributed by atoms with E-state index >= 15 is 0 Å². The average molecular weight is 260 g/mol. The van der Waals surface area contributed by atoms with Crippen molar-refractivity contribution in [2.24, 2.45) is 5.84 Å². The van der Waals surface area contributed by atoms with Gasteiger partial charge in [-0.25, -0.2) is 20.2 Å². The fourth-order valence-electron chi connectivity index (χ4n) is 1.95. The molecule has 19 heavy (non-hydrogen) atoms. The Morgan fingerprint density at radius 1 is 1.21 bits per heavy atom. The van der Waals surface area contributed by atoms with Gasteiger partial charge < -0.3 is 5.43 Å². The second-order valence-corrected chi connectivity index (χ2v) is 4.48. The number of nitrogens with two attached hydrogens (primary N) is 1. The van der Waals surface area contributed by atoms with E-state index in [1.165, 1.54) is 12.1 Å². The van der Waals surface area contributed by atoms with Gasteiger partial charge in [0.15, 0.2) is 5.82 Å². The minimum Gasteiger partial charge on any atom is -0.308 e. The quantitative estimate of drug-likeness (QED) is 0.655. The predicted molar refractivity (Wildman–Crippen MR) is 74.0 cm³/mol. The Morgan fingerprint density at radius 3 is 2.63 bits per heavy atom. The summed E-state index contributed by atoms with van der Waals surface area (Å²) < 4.78 is 13.4. The number of nitrogens with one attached hydrogen (secondary N) is 1. The zero-order chi connectivity index (χ0) is 13.8. The molecule has 0 aliphatic carbocycles. The van der Waals surface area contributed by atoms with Crippen molar-refractivity contribution in [1.82, 2.24) is 9.97 Å². The van der Waals surface area contributed by atoms with E-state index in [1.54, 1.807) is 6.07 Å². The molecule has 0 radical (unpaired) electrons. The maximum absolute atomic E-state index is 13.4. The number of anilines is 1. The third-order valence-electron chi connectivity index (χ3n) is 2.73. The number of hydrogen-bond donors (Lipinski definition) is 2. The molecule has 0 bridgehead atoms. The van der Waals surface area contributed by atoms with Crippen molar-refractivity contribution in [1.29, 1.82) is 0 Å². The van der Waals surface area contributed by atoms with Crippen LogP contribution in [0, 0.1) is 12.7 Å². The van der Waals surface area contributed by atoms with E-state index in [9.17, 15) is 4.39 Å². The molecule has 3 N–H and O–H groups in total. The van der Waals surface area contributed by atoms with Gasteiger partial charge in [0.2, 0.25) is 0 Å². The van der Waals surface area contributed by atoms with Gasteiger partial charge in [-0.15, -0.1) is 0 Å². The number of benzene rings is 1. The number of rotatable bonds is 4. The zero-order valence-corrected chi connectivity index (χ0v) is 11.1. The van der Waals surface area contributed by atoms with Crippen molar-refractivity contribution in [3.8, 4) is 11.4 Å². The van der Waals surface area contributed by atoms with Gasteiger partial charge in [-0.3, -0.25) is 0 Å². The molecule has 0 spiro atoms. The van der Waals surface area contributed by atoms with Gasteiger partial charge in [0.25, 0.3) is 0 Å². The average Bonchev–Trinajstić information content (AvgIpc) is 2.37. The summed E-state index contributed by atoms with van der Waals surface area (Å²) >= 11 is 0. The maximum atomic E-state index is 13.4. The van der Waals surface area contributed by atoms with Crippen LogP contribution in [0.5, 0.6) is 0 Å². The standard InChI is InChI=1S/C14H17FN4/c1-3-4-12-8-13(19-16)18-14(17-12)10-5-9(2)6-11(15)7-10/h5-8H,3-4,16H2,1-2H3,(H,17,18,19). The highest BCUT2D eigenvalue weighted by Crippen LogP contribution is 2.21. The lowest BCUT2D eigenvalue weighted by Crippen LogP contribution is -2.10. The van der Waals surface area contributed by atoms with Crippen LogP contribution in [0.25, 0.3) is 11.4 Å². The molecule has 100 valence electrons. The van der Waals surface area contributed by atoms with E-state index in [4.69, 9.17) is 5.84 Å². The van der Waals surface area contributed by atoms with Crippen LogP contribution in [0.2, 0.25) is 0 Å². The lowest BCUT2D eigenvalue weighted by atomic mass is 10.1. The zero-order valence-electron chi connectivity index (χ0n) is 11.1. The Hall–Kier alpha value is -2.01. The highest BCUT2D eigenvalue weighted by molar-refractivity contribution is 5.58. The van der Waals surface area contributed by atoms with E-state index in [1.807, 2.05) is 13.0 Å². The molecule has 4 nitrogen and oxygen atoms in total. The van der Waals surface area contributed by atoms with E-state index in [0.717, 1.165) is 24.1 Å². The number of aromatic nitrogens is 2. The summed E-state index contributed by atoms with van der Waals surface area (Å²) in [5.41, 5.74) is 4.91. The SMILES string of the molecule is CCCc1cc(NN)nc(-c2cc(C)cc(F)c2)n1. The van der Waals surface area contributed by atoms with Crippen molar-refractivity contribution in [2.45, 2.75) is 26.7 Å². The Labute approximate surface area is 111 Å². The minimum atomic E-state index is -0.290. The third kappa shape index (κ3) is 3.26. The Morgan fingerprint density at radius 2 is 2.00 bits per heavy atom. The van der Waals surface area contributed by atoms with Gasteiger partial charge in [0, 0.05) is 17.3 Å². The van der Waals surface area contributed by atoms with Gasteiger partial charge in [-0.1, -0.05) is 13.3 Å². The molecule has 2 rings (SSSR count). The second-order valence-electron chi connectivity index (χ2n) is 4.48. The number of hydrogen-bond acceptors (Lipinski definition) is 4. The van der Waals surface area contributed by atoms with Crippen LogP contribution in [-0.2, 0) is 6.42 Å². The Balaban J connectivity index is 2.50. The van der Waals surface area contributed by atoms with Crippen LogP contribution in [0.4, 0.5) is 10.2 Å². The number of aryl methyl sites for hydroxylation is 2. The first-order valence-corrected chi connectivity index (χ1v) is 6.24. The van der Waals surface area contributed by atoms with Gasteiger partial charge in [-0.05, 0) is 37.1 Å². The smallest absolute Gasteiger partial charge is 0.161 e. The fourth-order valence-corrected chi connectivity index (χ4v) is 1.95. The van der Waals surface area contributed by atoms with Gasteiger partial charge in [-0.2, -0.15) is 0 Å². The largest absolute Gasteiger partial charge is 0.308 e. The number of halogens is 1. The van der Waals surface area contributed by atoms with E-state index in [-0.39, 0.29) is 5.82 Å². The van der Waals surface area contributed by atoms with Crippen LogP contribution < -0.4 is 11.3 Å². The van der Waals surface area contributed by atoms with E-state index in [2.05, 4.69) is 22.3 Å². The molecule has 1 aromatic carbocycles. The summed E-state index contributed by atoms with van der Waals surface area (Å²) in [6.45, 7) is 3.91. The van der Waals surface area contributed by atoms with Gasteiger partial charge in [0.1, 0.15) is 11.6 Å². The number of hydrazine groups is 1. The van der Waals surface area contributed by atoms with Crippen LogP contribution in [0.3, 0.4) is 0 Å². The molecule has 0 atom stereocenters. The van der Waals surface area contributed by atoms with Crippen molar-refractivity contribution in [2.75, 3.05) is 5.43 Å².